The molecule has 3 aromatic rings. The number of fused-ring (bicyclic) bond motifs is 1. The van der Waals surface area contributed by atoms with Gasteiger partial charge in [0.1, 0.15) is 5.82 Å². The molecule has 0 aliphatic carbocycles. The number of halogens is 1. The van der Waals surface area contributed by atoms with Gasteiger partial charge in [0, 0.05) is 18.1 Å². The Hall–Kier alpha value is -2.41. The number of nitrogens with one attached hydrogen (secondary N) is 1. The third-order valence-electron chi connectivity index (χ3n) is 5.92. The highest BCUT2D eigenvalue weighted by molar-refractivity contribution is 6.35. The van der Waals surface area contributed by atoms with Crippen LogP contribution in [0.15, 0.2) is 30.5 Å². The van der Waals surface area contributed by atoms with E-state index < -0.39 is 0 Å². The van der Waals surface area contributed by atoms with E-state index in [0.717, 1.165) is 40.7 Å². The molecule has 3 heterocycles. The molecule has 6 nitrogen and oxygen atoms in total. The van der Waals surface area contributed by atoms with Gasteiger partial charge in [-0.1, -0.05) is 24.1 Å². The van der Waals surface area contributed by atoms with Crippen LogP contribution < -0.4 is 11.1 Å². The molecule has 0 saturated carbocycles. The molecule has 2 aromatic heterocycles. The molecule has 0 radical (unpaired) electrons. The fraction of sp³-hybridized carbons (Fsp3) is 0.417. The van der Waals surface area contributed by atoms with Gasteiger partial charge >= 0.3 is 0 Å². The molecule has 0 unspecified atom stereocenters. The minimum absolute atomic E-state index is 0.543. The standard InChI is InChI=1S/C24H30ClN5O/c1-16-8-9-27-24(21(16)26)29-23-17(2)14-19-18(6-7-20(25)22(19)28-23)15-31-13-12-30-10-4-3-5-11-30/h6-9,14H,3-5,10-13,15,26H2,1-2H3,(H,27,28,29). The summed E-state index contributed by atoms with van der Waals surface area (Å²) in [6.07, 6.45) is 5.68. The molecule has 7 heteroatoms. The summed E-state index contributed by atoms with van der Waals surface area (Å²) in [5.74, 6) is 1.30. The molecule has 1 aliphatic heterocycles. The van der Waals surface area contributed by atoms with Gasteiger partial charge in [0.15, 0.2) is 5.82 Å². The van der Waals surface area contributed by atoms with Crippen LogP contribution in [0.4, 0.5) is 17.3 Å². The van der Waals surface area contributed by atoms with Gasteiger partial charge in [-0.2, -0.15) is 0 Å². The molecular formula is C24H30ClN5O. The van der Waals surface area contributed by atoms with Crippen LogP contribution in [0.3, 0.4) is 0 Å². The minimum atomic E-state index is 0.543. The number of hydrogen-bond donors (Lipinski definition) is 2. The number of benzene rings is 1. The third-order valence-corrected chi connectivity index (χ3v) is 6.22. The normalized spacial score (nSPS) is 14.8. The average molecular weight is 440 g/mol. The van der Waals surface area contributed by atoms with Crippen molar-refractivity contribution in [3.63, 3.8) is 0 Å². The zero-order valence-corrected chi connectivity index (χ0v) is 19.0. The first-order valence-electron chi connectivity index (χ1n) is 10.9. The van der Waals surface area contributed by atoms with Crippen LogP contribution in [0.2, 0.25) is 5.02 Å². The van der Waals surface area contributed by atoms with Crippen LogP contribution >= 0.6 is 11.6 Å². The van der Waals surface area contributed by atoms with Gasteiger partial charge in [-0.05, 0) is 74.7 Å². The summed E-state index contributed by atoms with van der Waals surface area (Å²) in [4.78, 5) is 11.6. The number of hydrogen-bond acceptors (Lipinski definition) is 6. The molecular weight excluding hydrogens is 410 g/mol. The molecule has 1 fully saturated rings. The fourth-order valence-corrected chi connectivity index (χ4v) is 4.18. The minimum Gasteiger partial charge on any atom is -0.396 e. The second-order valence-corrected chi connectivity index (χ2v) is 8.63. The Balaban J connectivity index is 1.51. The van der Waals surface area contributed by atoms with Crippen molar-refractivity contribution in [3.8, 4) is 0 Å². The topological polar surface area (TPSA) is 76.3 Å². The average Bonchev–Trinajstić information content (AvgIpc) is 2.77. The number of anilines is 3. The van der Waals surface area contributed by atoms with E-state index in [4.69, 9.17) is 27.1 Å². The molecule has 0 bridgehead atoms. The zero-order chi connectivity index (χ0) is 21.8. The lowest BCUT2D eigenvalue weighted by molar-refractivity contribution is 0.0869. The Morgan fingerprint density at radius 3 is 2.71 bits per heavy atom. The van der Waals surface area contributed by atoms with Crippen LogP contribution in [0.5, 0.6) is 0 Å². The van der Waals surface area contributed by atoms with Crippen molar-refractivity contribution in [2.24, 2.45) is 0 Å². The number of nitrogens with zero attached hydrogens (tertiary/aromatic N) is 3. The Kier molecular flexibility index (Phi) is 6.90. The van der Waals surface area contributed by atoms with Gasteiger partial charge in [-0.15, -0.1) is 0 Å². The SMILES string of the molecule is Cc1cc2c(COCCN3CCCCC3)ccc(Cl)c2nc1Nc1nccc(C)c1N. The van der Waals surface area contributed by atoms with Gasteiger partial charge in [-0.25, -0.2) is 9.97 Å². The maximum absolute atomic E-state index is 6.50. The first-order valence-corrected chi connectivity index (χ1v) is 11.3. The molecule has 0 amide bonds. The predicted molar refractivity (Wildman–Crippen MR) is 128 cm³/mol. The molecule has 31 heavy (non-hydrogen) atoms. The van der Waals surface area contributed by atoms with Gasteiger partial charge in [-0.3, -0.25) is 0 Å². The lowest BCUT2D eigenvalue weighted by Gasteiger charge is -2.26. The van der Waals surface area contributed by atoms with Gasteiger partial charge < -0.3 is 20.7 Å². The zero-order valence-electron chi connectivity index (χ0n) is 18.2. The molecule has 1 aliphatic rings. The molecule has 1 saturated heterocycles. The first-order chi connectivity index (χ1) is 15.0. The largest absolute Gasteiger partial charge is 0.396 e. The van der Waals surface area contributed by atoms with E-state index in [1.54, 1.807) is 6.20 Å². The van der Waals surface area contributed by atoms with Crippen LogP contribution in [-0.2, 0) is 11.3 Å². The number of aryl methyl sites for hydroxylation is 2. The number of piperidine rings is 1. The van der Waals surface area contributed by atoms with Crippen molar-refractivity contribution in [2.45, 2.75) is 39.7 Å². The summed E-state index contributed by atoms with van der Waals surface area (Å²) < 4.78 is 6.01. The van der Waals surface area contributed by atoms with E-state index in [1.165, 1.54) is 32.4 Å². The van der Waals surface area contributed by atoms with E-state index >= 15 is 0 Å². The number of rotatable bonds is 7. The van der Waals surface area contributed by atoms with E-state index in [0.29, 0.717) is 29.0 Å². The van der Waals surface area contributed by atoms with E-state index in [1.807, 2.05) is 32.0 Å². The number of nitrogen functional groups attached to an aromatic ring is 1. The van der Waals surface area contributed by atoms with Crippen molar-refractivity contribution in [3.05, 3.63) is 52.2 Å². The lowest BCUT2D eigenvalue weighted by Crippen LogP contribution is -2.32. The lowest BCUT2D eigenvalue weighted by atomic mass is 10.1. The Labute approximate surface area is 188 Å². The Bertz CT molecular complexity index is 1070. The van der Waals surface area contributed by atoms with Crippen LogP contribution in [-0.4, -0.2) is 41.1 Å². The van der Waals surface area contributed by atoms with Gasteiger partial charge in [0.25, 0.3) is 0 Å². The summed E-state index contributed by atoms with van der Waals surface area (Å²) >= 11 is 6.50. The summed E-state index contributed by atoms with van der Waals surface area (Å²) in [6, 6.07) is 7.90. The maximum atomic E-state index is 6.50. The Morgan fingerprint density at radius 2 is 1.90 bits per heavy atom. The highest BCUT2D eigenvalue weighted by Crippen LogP contribution is 2.31. The summed E-state index contributed by atoms with van der Waals surface area (Å²) in [7, 11) is 0. The van der Waals surface area contributed by atoms with Gasteiger partial charge in [0.2, 0.25) is 0 Å². The second-order valence-electron chi connectivity index (χ2n) is 8.23. The fourth-order valence-electron chi connectivity index (χ4n) is 3.98. The number of aromatic nitrogens is 2. The highest BCUT2D eigenvalue weighted by atomic mass is 35.5. The number of nitrogens with two attached hydrogens (primary N) is 1. The van der Waals surface area contributed by atoms with Crippen LogP contribution in [0.1, 0.15) is 36.0 Å². The molecule has 1 aromatic carbocycles. The van der Waals surface area contributed by atoms with Crippen molar-refractivity contribution in [1.82, 2.24) is 14.9 Å². The molecule has 4 rings (SSSR count). The van der Waals surface area contributed by atoms with Crippen LogP contribution in [0, 0.1) is 13.8 Å². The molecule has 3 N–H and O–H groups in total. The van der Waals surface area contributed by atoms with Crippen molar-refractivity contribution >= 4 is 39.8 Å². The van der Waals surface area contributed by atoms with Crippen molar-refractivity contribution in [1.29, 1.82) is 0 Å². The number of likely N-dealkylation sites (tertiary alicyclic amines) is 1. The molecule has 0 spiro atoms. The number of ether oxygens (including phenoxy) is 1. The summed E-state index contributed by atoms with van der Waals surface area (Å²) in [6.45, 7) is 8.61. The summed E-state index contributed by atoms with van der Waals surface area (Å²) in [5.41, 5.74) is 10.6. The Morgan fingerprint density at radius 1 is 1.10 bits per heavy atom. The smallest absolute Gasteiger partial charge is 0.155 e. The first kappa shape index (κ1) is 21.8. The van der Waals surface area contributed by atoms with Crippen molar-refractivity contribution < 1.29 is 4.74 Å². The molecule has 0 atom stereocenters. The van der Waals surface area contributed by atoms with E-state index in [9.17, 15) is 0 Å². The number of pyridine rings is 2. The van der Waals surface area contributed by atoms with Crippen molar-refractivity contribution in [2.75, 3.05) is 37.3 Å². The highest BCUT2D eigenvalue weighted by Gasteiger charge is 2.13. The second kappa shape index (κ2) is 9.81. The summed E-state index contributed by atoms with van der Waals surface area (Å²) in [5, 5.41) is 4.89. The van der Waals surface area contributed by atoms with Crippen LogP contribution in [0.25, 0.3) is 10.9 Å². The predicted octanol–water partition coefficient (Wildman–Crippen LogP) is 5.23. The quantitative estimate of drug-likeness (QED) is 0.491. The third kappa shape index (κ3) is 5.09. The molecule has 164 valence electrons. The maximum Gasteiger partial charge on any atom is 0.155 e. The van der Waals surface area contributed by atoms with Gasteiger partial charge in [0.05, 0.1) is 29.4 Å². The van der Waals surface area contributed by atoms with E-state index in [2.05, 4.69) is 21.3 Å². The van der Waals surface area contributed by atoms with E-state index in [-0.39, 0.29) is 0 Å². The monoisotopic (exact) mass is 439 g/mol.